The lowest BCUT2D eigenvalue weighted by molar-refractivity contribution is 0.871. The molecule has 0 spiro atoms. The molecule has 3 heterocycles. The Labute approximate surface area is 118 Å². The molecule has 4 rings (SSSR count). The number of pyridine rings is 1. The highest BCUT2D eigenvalue weighted by Gasteiger charge is 2.13. The first-order valence-electron chi connectivity index (χ1n) is 6.19. The van der Waals surface area contributed by atoms with Crippen molar-refractivity contribution in [1.82, 2.24) is 19.7 Å². The van der Waals surface area contributed by atoms with Gasteiger partial charge in [-0.05, 0) is 25.1 Å². The van der Waals surface area contributed by atoms with Gasteiger partial charge in [0.25, 0.3) is 0 Å². The van der Waals surface area contributed by atoms with E-state index in [1.165, 1.54) is 0 Å². The molecule has 0 fully saturated rings. The smallest absolute Gasteiger partial charge is 0.213 e. The van der Waals surface area contributed by atoms with E-state index in [4.69, 9.17) is 5.73 Å². The van der Waals surface area contributed by atoms with E-state index in [2.05, 4.69) is 21.1 Å². The van der Waals surface area contributed by atoms with Gasteiger partial charge in [-0.3, -0.25) is 0 Å². The number of nitrogens with zero attached hydrogens (tertiary/aromatic N) is 4. The van der Waals surface area contributed by atoms with Crippen LogP contribution in [0.1, 0.15) is 5.69 Å². The number of aromatic nitrogens is 4. The fraction of sp³-hybridized carbons (Fsp3) is 0.0714. The number of benzene rings is 1. The van der Waals surface area contributed by atoms with Crippen LogP contribution in [0.3, 0.4) is 0 Å². The summed E-state index contributed by atoms with van der Waals surface area (Å²) in [4.78, 5) is 9.01. The lowest BCUT2D eigenvalue weighted by Gasteiger charge is -1.97. The van der Waals surface area contributed by atoms with Crippen molar-refractivity contribution in [3.05, 3.63) is 42.2 Å². The summed E-state index contributed by atoms with van der Waals surface area (Å²) in [5.41, 5.74) is 9.10. The molecule has 0 aliphatic heterocycles. The summed E-state index contributed by atoms with van der Waals surface area (Å²) in [7, 11) is 0. The Morgan fingerprint density at radius 3 is 2.95 bits per heavy atom. The highest BCUT2D eigenvalue weighted by Crippen LogP contribution is 2.27. The molecular weight excluding hydrogens is 270 g/mol. The maximum absolute atomic E-state index is 5.79. The summed E-state index contributed by atoms with van der Waals surface area (Å²) in [6.07, 6.45) is 1.65. The summed E-state index contributed by atoms with van der Waals surface area (Å²) >= 11 is 1.60. The highest BCUT2D eigenvalue weighted by atomic mass is 32.1. The molecule has 3 aromatic heterocycles. The highest BCUT2D eigenvalue weighted by molar-refractivity contribution is 7.20. The molecule has 0 unspecified atom stereocenters. The third kappa shape index (κ3) is 1.58. The number of hydrogen-bond donors (Lipinski definition) is 1. The fourth-order valence-corrected chi connectivity index (χ4v) is 3.16. The van der Waals surface area contributed by atoms with E-state index in [1.54, 1.807) is 22.2 Å². The number of nitrogens with two attached hydrogens (primary N) is 1. The molecule has 0 aliphatic rings. The van der Waals surface area contributed by atoms with Gasteiger partial charge in [-0.2, -0.15) is 9.78 Å². The number of nitrogen functional groups attached to an aromatic ring is 1. The van der Waals surface area contributed by atoms with Gasteiger partial charge in [-0.1, -0.05) is 23.5 Å². The van der Waals surface area contributed by atoms with Crippen LogP contribution in [0.4, 0.5) is 5.69 Å². The molecule has 0 radical (unpaired) electrons. The molecular formula is C14H11N5S. The average Bonchev–Trinajstić information content (AvgIpc) is 3.00. The molecule has 20 heavy (non-hydrogen) atoms. The van der Waals surface area contributed by atoms with E-state index in [-0.39, 0.29) is 0 Å². The summed E-state index contributed by atoms with van der Waals surface area (Å²) in [6, 6.07) is 9.95. The standard InChI is InChI=1S/C14H11N5S/c1-8-10-6-9(15)7-16-13(10)19(18-8)14-17-11-4-2-3-5-12(11)20-14/h2-7H,15H2,1H3. The molecule has 0 atom stereocenters. The normalized spacial score (nSPS) is 11.4. The number of aryl methyl sites for hydroxylation is 1. The lowest BCUT2D eigenvalue weighted by Crippen LogP contribution is -1.97. The summed E-state index contributed by atoms with van der Waals surface area (Å²) < 4.78 is 2.92. The molecule has 98 valence electrons. The van der Waals surface area contributed by atoms with E-state index in [1.807, 2.05) is 31.2 Å². The molecule has 0 bridgehead atoms. The van der Waals surface area contributed by atoms with Crippen molar-refractivity contribution in [2.75, 3.05) is 5.73 Å². The third-order valence-corrected chi connectivity index (χ3v) is 4.20. The Hall–Kier alpha value is -2.47. The second-order valence-electron chi connectivity index (χ2n) is 4.60. The van der Waals surface area contributed by atoms with Crippen molar-refractivity contribution in [3.8, 4) is 5.13 Å². The number of para-hydroxylation sites is 1. The zero-order valence-corrected chi connectivity index (χ0v) is 11.6. The Morgan fingerprint density at radius 1 is 1.25 bits per heavy atom. The predicted molar refractivity (Wildman–Crippen MR) is 81.2 cm³/mol. The van der Waals surface area contributed by atoms with Gasteiger partial charge in [0.2, 0.25) is 5.13 Å². The second kappa shape index (κ2) is 4.01. The number of thiazole rings is 1. The Morgan fingerprint density at radius 2 is 2.10 bits per heavy atom. The molecule has 0 saturated carbocycles. The molecule has 0 amide bonds. The number of hydrogen-bond acceptors (Lipinski definition) is 5. The minimum Gasteiger partial charge on any atom is -0.397 e. The lowest BCUT2D eigenvalue weighted by atomic mass is 10.3. The largest absolute Gasteiger partial charge is 0.397 e. The minimum absolute atomic E-state index is 0.643. The van der Waals surface area contributed by atoms with E-state index in [0.717, 1.165) is 32.1 Å². The average molecular weight is 281 g/mol. The van der Waals surface area contributed by atoms with Crippen molar-refractivity contribution in [1.29, 1.82) is 0 Å². The molecule has 4 aromatic rings. The van der Waals surface area contributed by atoms with Gasteiger partial charge in [-0.25, -0.2) is 9.97 Å². The van der Waals surface area contributed by atoms with Crippen LogP contribution in [0, 0.1) is 6.92 Å². The molecule has 6 heteroatoms. The SMILES string of the molecule is Cc1nn(-c2nc3ccccc3s2)c2ncc(N)cc12. The quantitative estimate of drug-likeness (QED) is 0.582. The molecule has 5 nitrogen and oxygen atoms in total. The summed E-state index contributed by atoms with van der Waals surface area (Å²) in [5.74, 6) is 0. The van der Waals surface area contributed by atoms with Crippen LogP contribution in [0.25, 0.3) is 26.4 Å². The monoisotopic (exact) mass is 281 g/mol. The Kier molecular flexibility index (Phi) is 2.28. The van der Waals surface area contributed by atoms with E-state index >= 15 is 0 Å². The van der Waals surface area contributed by atoms with Crippen molar-refractivity contribution < 1.29 is 0 Å². The van der Waals surface area contributed by atoms with Crippen LogP contribution < -0.4 is 5.73 Å². The van der Waals surface area contributed by atoms with Crippen LogP contribution in [-0.4, -0.2) is 19.7 Å². The predicted octanol–water partition coefficient (Wildman–Crippen LogP) is 2.92. The Balaban J connectivity index is 2.02. The Bertz CT molecular complexity index is 904. The molecule has 0 aliphatic carbocycles. The molecule has 1 aromatic carbocycles. The van der Waals surface area contributed by atoms with Gasteiger partial charge >= 0.3 is 0 Å². The van der Waals surface area contributed by atoms with Crippen molar-refractivity contribution in [2.24, 2.45) is 0 Å². The summed E-state index contributed by atoms with van der Waals surface area (Å²) in [6.45, 7) is 1.95. The van der Waals surface area contributed by atoms with Crippen LogP contribution in [-0.2, 0) is 0 Å². The maximum Gasteiger partial charge on any atom is 0.213 e. The first kappa shape index (κ1) is 11.4. The second-order valence-corrected chi connectivity index (χ2v) is 5.61. The topological polar surface area (TPSA) is 69.6 Å². The van der Waals surface area contributed by atoms with Gasteiger partial charge < -0.3 is 5.73 Å². The van der Waals surface area contributed by atoms with Crippen LogP contribution in [0.2, 0.25) is 0 Å². The number of anilines is 1. The van der Waals surface area contributed by atoms with E-state index < -0.39 is 0 Å². The maximum atomic E-state index is 5.79. The minimum atomic E-state index is 0.643. The van der Waals surface area contributed by atoms with Crippen molar-refractivity contribution in [3.63, 3.8) is 0 Å². The van der Waals surface area contributed by atoms with Crippen molar-refractivity contribution in [2.45, 2.75) is 6.92 Å². The first-order chi connectivity index (χ1) is 9.72. The molecule has 2 N–H and O–H groups in total. The van der Waals surface area contributed by atoms with Crippen LogP contribution >= 0.6 is 11.3 Å². The van der Waals surface area contributed by atoms with Crippen LogP contribution in [0.5, 0.6) is 0 Å². The van der Waals surface area contributed by atoms with Gasteiger partial charge in [0.05, 0.1) is 27.8 Å². The van der Waals surface area contributed by atoms with E-state index in [0.29, 0.717) is 5.69 Å². The van der Waals surface area contributed by atoms with Gasteiger partial charge in [0.15, 0.2) is 5.65 Å². The van der Waals surface area contributed by atoms with Crippen molar-refractivity contribution >= 4 is 38.3 Å². The fourth-order valence-electron chi connectivity index (χ4n) is 2.24. The van der Waals surface area contributed by atoms with E-state index in [9.17, 15) is 0 Å². The zero-order chi connectivity index (χ0) is 13.7. The van der Waals surface area contributed by atoms with Gasteiger partial charge in [0.1, 0.15) is 0 Å². The van der Waals surface area contributed by atoms with Crippen LogP contribution in [0.15, 0.2) is 36.5 Å². The summed E-state index contributed by atoms with van der Waals surface area (Å²) in [5, 5.41) is 6.33. The third-order valence-electron chi connectivity index (χ3n) is 3.19. The zero-order valence-electron chi connectivity index (χ0n) is 10.7. The number of fused-ring (bicyclic) bond motifs is 2. The first-order valence-corrected chi connectivity index (χ1v) is 7.01. The van der Waals surface area contributed by atoms with Gasteiger partial charge in [-0.15, -0.1) is 0 Å². The number of rotatable bonds is 1. The van der Waals surface area contributed by atoms with Gasteiger partial charge in [0, 0.05) is 5.39 Å². The molecule has 0 saturated heterocycles.